The van der Waals surface area contributed by atoms with Crippen molar-refractivity contribution in [3.63, 3.8) is 0 Å². The fraction of sp³-hybridized carbons (Fsp3) is 0.481. The number of hydrogen-bond acceptors (Lipinski definition) is 6. The maximum Gasteiger partial charge on any atom is 0.264 e. The van der Waals surface area contributed by atoms with Gasteiger partial charge in [-0.1, -0.05) is 19.1 Å². The van der Waals surface area contributed by atoms with E-state index in [0.717, 1.165) is 5.56 Å². The standard InChI is InChI=1S/C27H35FN2O6Si/c1-16-24(37(4,5)28)23(11-12-31)36-27(16)21-14-20(35-3)9-10-22(21)30(26(27)34)15-18-7-6-8-19(13-18)29-25(33)17(2)32/h6-10,13-14,16-17,23-24,31-32H,11-12,15H2,1-5H3,(H,29,33)/t16-,17-,23+,24-,27+/m0/s1. The average molecular weight is 531 g/mol. The number of carbonyl (C=O) groups is 2. The molecule has 0 saturated carbocycles. The molecule has 2 heterocycles. The van der Waals surface area contributed by atoms with Gasteiger partial charge in [-0.3, -0.25) is 9.59 Å². The number of amides is 2. The first-order chi connectivity index (χ1) is 17.4. The number of hydrogen-bond donors (Lipinski definition) is 3. The van der Waals surface area contributed by atoms with Crippen LogP contribution in [0.1, 0.15) is 31.4 Å². The normalized spacial score (nSPS) is 25.9. The van der Waals surface area contributed by atoms with Crippen LogP contribution in [0.15, 0.2) is 42.5 Å². The Morgan fingerprint density at radius 3 is 2.65 bits per heavy atom. The first kappa shape index (κ1) is 27.2. The maximum absolute atomic E-state index is 15.6. The lowest BCUT2D eigenvalue weighted by molar-refractivity contribution is -0.146. The highest BCUT2D eigenvalue weighted by Crippen LogP contribution is 2.60. The van der Waals surface area contributed by atoms with Crippen LogP contribution < -0.4 is 15.0 Å². The third kappa shape index (κ3) is 4.79. The second-order valence-electron chi connectivity index (χ2n) is 10.4. The first-order valence-electron chi connectivity index (χ1n) is 12.5. The van der Waals surface area contributed by atoms with Gasteiger partial charge in [0.25, 0.3) is 11.8 Å². The number of nitrogens with zero attached hydrogens (tertiary/aromatic N) is 1. The number of aliphatic hydroxyl groups excluding tert-OH is 2. The number of aliphatic hydroxyl groups is 2. The summed E-state index contributed by atoms with van der Waals surface area (Å²) in [4.78, 5) is 27.8. The van der Waals surface area contributed by atoms with Crippen molar-refractivity contribution in [2.45, 2.75) is 63.3 Å². The van der Waals surface area contributed by atoms with Crippen molar-refractivity contribution in [3.8, 4) is 5.75 Å². The number of nitrogens with one attached hydrogen (secondary N) is 1. The van der Waals surface area contributed by atoms with E-state index in [1.54, 1.807) is 55.4 Å². The highest BCUT2D eigenvalue weighted by Gasteiger charge is 2.66. The van der Waals surface area contributed by atoms with Gasteiger partial charge in [0.15, 0.2) is 5.60 Å². The Morgan fingerprint density at radius 2 is 2.03 bits per heavy atom. The van der Waals surface area contributed by atoms with Crippen molar-refractivity contribution in [2.75, 3.05) is 23.9 Å². The van der Waals surface area contributed by atoms with Crippen LogP contribution in [0.2, 0.25) is 18.6 Å². The molecular formula is C27H35FN2O6Si. The van der Waals surface area contributed by atoms with E-state index in [-0.39, 0.29) is 25.5 Å². The van der Waals surface area contributed by atoms with Gasteiger partial charge in [0, 0.05) is 29.3 Å². The van der Waals surface area contributed by atoms with Crippen LogP contribution in [0.25, 0.3) is 0 Å². The molecule has 1 saturated heterocycles. The molecule has 4 rings (SSSR count). The predicted molar refractivity (Wildman–Crippen MR) is 141 cm³/mol. The molecule has 0 bridgehead atoms. The minimum atomic E-state index is -3.28. The van der Waals surface area contributed by atoms with Crippen molar-refractivity contribution in [1.29, 1.82) is 0 Å². The highest BCUT2D eigenvalue weighted by molar-refractivity contribution is 6.72. The van der Waals surface area contributed by atoms with Crippen molar-refractivity contribution in [2.24, 2.45) is 5.92 Å². The second kappa shape index (κ2) is 10.2. The minimum absolute atomic E-state index is 0.164. The van der Waals surface area contributed by atoms with Crippen LogP contribution in [-0.4, -0.2) is 56.4 Å². The number of fused-ring (bicyclic) bond motifs is 2. The molecule has 0 aromatic heterocycles. The molecule has 1 spiro atoms. The highest BCUT2D eigenvalue weighted by atomic mass is 28.4. The summed E-state index contributed by atoms with van der Waals surface area (Å²) in [7, 11) is -1.74. The topological polar surface area (TPSA) is 108 Å². The Hall–Kier alpha value is -2.79. The number of benzene rings is 2. The zero-order valence-corrected chi connectivity index (χ0v) is 22.8. The Labute approximate surface area is 217 Å². The molecule has 0 aliphatic carbocycles. The quantitative estimate of drug-likeness (QED) is 0.355. The minimum Gasteiger partial charge on any atom is -0.497 e. The van der Waals surface area contributed by atoms with E-state index in [4.69, 9.17) is 9.47 Å². The van der Waals surface area contributed by atoms with Gasteiger partial charge in [0.05, 0.1) is 25.4 Å². The summed E-state index contributed by atoms with van der Waals surface area (Å²) < 4.78 is 27.6. The SMILES string of the molecule is COc1ccc2c(c1)[C@@]1(O[C@H](CCO)[C@@H]([Si](C)(C)F)[C@@H]1C)C(=O)N2Cc1cccc(NC(=O)[C@H](C)O)c1. The molecule has 2 amide bonds. The Bertz CT molecular complexity index is 1190. The molecule has 3 N–H and O–H groups in total. The van der Waals surface area contributed by atoms with Gasteiger partial charge in [-0.25, -0.2) is 0 Å². The van der Waals surface area contributed by atoms with E-state index in [1.807, 2.05) is 19.1 Å². The van der Waals surface area contributed by atoms with Crippen LogP contribution in [0.5, 0.6) is 5.75 Å². The zero-order chi connectivity index (χ0) is 27.1. The summed E-state index contributed by atoms with van der Waals surface area (Å²) in [6.45, 7) is 6.53. The van der Waals surface area contributed by atoms with E-state index >= 15 is 4.11 Å². The predicted octanol–water partition coefficient (Wildman–Crippen LogP) is 3.72. The largest absolute Gasteiger partial charge is 0.497 e. The number of halogens is 1. The molecule has 10 heteroatoms. The van der Waals surface area contributed by atoms with Gasteiger partial charge in [-0.15, -0.1) is 0 Å². The lowest BCUT2D eigenvalue weighted by atomic mass is 9.82. The van der Waals surface area contributed by atoms with Crippen molar-refractivity contribution >= 4 is 31.6 Å². The van der Waals surface area contributed by atoms with Gasteiger partial charge in [0.2, 0.25) is 8.41 Å². The molecule has 5 atom stereocenters. The fourth-order valence-corrected chi connectivity index (χ4v) is 8.43. The Balaban J connectivity index is 1.76. The number of ether oxygens (including phenoxy) is 2. The second-order valence-corrected chi connectivity index (χ2v) is 14.2. The van der Waals surface area contributed by atoms with Gasteiger partial charge in [-0.05, 0) is 62.3 Å². The smallest absolute Gasteiger partial charge is 0.264 e. The van der Waals surface area contributed by atoms with Gasteiger partial charge >= 0.3 is 0 Å². The summed E-state index contributed by atoms with van der Waals surface area (Å²) in [5.74, 6) is -0.718. The van der Waals surface area contributed by atoms with Gasteiger partial charge < -0.3 is 34.0 Å². The molecule has 2 aliphatic heterocycles. The van der Waals surface area contributed by atoms with E-state index in [0.29, 0.717) is 22.7 Å². The molecule has 2 aliphatic rings. The van der Waals surface area contributed by atoms with Gasteiger partial charge in [0.1, 0.15) is 11.9 Å². The lowest BCUT2D eigenvalue weighted by Gasteiger charge is -2.31. The van der Waals surface area contributed by atoms with E-state index in [2.05, 4.69) is 5.32 Å². The van der Waals surface area contributed by atoms with E-state index in [9.17, 15) is 19.8 Å². The van der Waals surface area contributed by atoms with Gasteiger partial charge in [-0.2, -0.15) is 0 Å². The summed E-state index contributed by atoms with van der Waals surface area (Å²) in [5.41, 5.74) is 0.650. The van der Waals surface area contributed by atoms with Crippen molar-refractivity contribution in [1.82, 2.24) is 0 Å². The molecule has 2 aromatic carbocycles. The van der Waals surface area contributed by atoms with Crippen LogP contribution in [0.4, 0.5) is 15.5 Å². The van der Waals surface area contributed by atoms with E-state index in [1.165, 1.54) is 6.92 Å². The maximum atomic E-state index is 15.6. The van der Waals surface area contributed by atoms with Crippen LogP contribution >= 0.6 is 0 Å². The summed E-state index contributed by atoms with van der Waals surface area (Å²) in [6, 6.07) is 12.4. The number of anilines is 2. The molecule has 8 nitrogen and oxygen atoms in total. The number of carbonyl (C=O) groups excluding carboxylic acids is 2. The summed E-state index contributed by atoms with van der Waals surface area (Å²) >= 11 is 0. The molecule has 2 aromatic rings. The average Bonchev–Trinajstić information content (AvgIpc) is 3.26. The van der Waals surface area contributed by atoms with Crippen LogP contribution in [-0.2, 0) is 26.5 Å². The molecule has 0 radical (unpaired) electrons. The first-order valence-corrected chi connectivity index (χ1v) is 15.5. The van der Waals surface area contributed by atoms with Crippen molar-refractivity contribution in [3.05, 3.63) is 53.6 Å². The molecule has 37 heavy (non-hydrogen) atoms. The number of rotatable bonds is 8. The van der Waals surface area contributed by atoms with Crippen molar-refractivity contribution < 1.29 is 33.4 Å². The molecule has 0 unspecified atom stereocenters. The van der Waals surface area contributed by atoms with E-state index < -0.39 is 43.6 Å². The monoisotopic (exact) mass is 530 g/mol. The number of methoxy groups -OCH3 is 1. The fourth-order valence-electron chi connectivity index (χ4n) is 5.88. The Morgan fingerprint density at radius 1 is 1.30 bits per heavy atom. The summed E-state index contributed by atoms with van der Waals surface area (Å²) in [5, 5.41) is 21.9. The zero-order valence-electron chi connectivity index (χ0n) is 21.8. The van der Waals surface area contributed by atoms with Crippen LogP contribution in [0.3, 0.4) is 0 Å². The molecule has 1 fully saturated rings. The van der Waals surface area contributed by atoms with Crippen LogP contribution in [0, 0.1) is 5.92 Å². The third-order valence-electron chi connectivity index (χ3n) is 7.50. The molecule has 200 valence electrons. The summed E-state index contributed by atoms with van der Waals surface area (Å²) in [6.07, 6.45) is -1.50. The third-order valence-corrected chi connectivity index (χ3v) is 9.95. The Kier molecular flexibility index (Phi) is 7.49. The lowest BCUT2D eigenvalue weighted by Crippen LogP contribution is -2.45. The molecular weight excluding hydrogens is 495 g/mol.